The van der Waals surface area contributed by atoms with Crippen molar-refractivity contribution < 1.29 is 14.6 Å². The number of ether oxygens (including phenoxy) is 1. The van der Waals surface area contributed by atoms with E-state index in [9.17, 15) is 4.79 Å². The predicted molar refractivity (Wildman–Crippen MR) is 75.0 cm³/mol. The minimum absolute atomic E-state index is 0.290. The Labute approximate surface area is 114 Å². The molecule has 0 saturated carbocycles. The van der Waals surface area contributed by atoms with Gasteiger partial charge >= 0.3 is 5.97 Å². The van der Waals surface area contributed by atoms with Gasteiger partial charge in [0, 0.05) is 25.9 Å². The fourth-order valence-corrected chi connectivity index (χ4v) is 2.49. The van der Waals surface area contributed by atoms with Gasteiger partial charge in [-0.05, 0) is 49.9 Å². The summed E-state index contributed by atoms with van der Waals surface area (Å²) in [6, 6.07) is 5.46. The van der Waals surface area contributed by atoms with E-state index in [-0.39, 0.29) is 0 Å². The highest BCUT2D eigenvalue weighted by molar-refractivity contribution is 5.89. The first-order valence-corrected chi connectivity index (χ1v) is 6.74. The Hall–Kier alpha value is -1.55. The fraction of sp³-hybridized carbons (Fsp3) is 0.533. The third-order valence-electron chi connectivity index (χ3n) is 3.63. The number of hydrogen-bond donors (Lipinski definition) is 1. The molecule has 0 amide bonds. The minimum atomic E-state index is -0.873. The summed E-state index contributed by atoms with van der Waals surface area (Å²) in [6.07, 6.45) is 3.79. The number of anilines is 1. The molecule has 0 radical (unpaired) electrons. The smallest absolute Gasteiger partial charge is 0.335 e. The van der Waals surface area contributed by atoms with Crippen molar-refractivity contribution in [2.45, 2.75) is 32.3 Å². The Morgan fingerprint density at radius 2 is 2.26 bits per heavy atom. The molecule has 1 atom stereocenters. The topological polar surface area (TPSA) is 49.8 Å². The van der Waals surface area contributed by atoms with Crippen LogP contribution < -0.4 is 4.90 Å². The normalized spacial score (nSPS) is 19.2. The molecule has 1 N–H and O–H groups in total. The van der Waals surface area contributed by atoms with E-state index in [1.165, 1.54) is 6.42 Å². The van der Waals surface area contributed by atoms with Crippen LogP contribution in [0, 0.1) is 6.92 Å². The number of rotatable bonds is 4. The van der Waals surface area contributed by atoms with E-state index in [1.807, 2.05) is 26.1 Å². The van der Waals surface area contributed by atoms with Gasteiger partial charge in [0.05, 0.1) is 11.7 Å². The second kappa shape index (κ2) is 6.06. The Bertz CT molecular complexity index is 453. The van der Waals surface area contributed by atoms with Crippen molar-refractivity contribution >= 4 is 11.7 Å². The van der Waals surface area contributed by atoms with Crippen molar-refractivity contribution in [1.29, 1.82) is 0 Å². The number of nitrogens with zero attached hydrogens (tertiary/aromatic N) is 1. The second-order valence-electron chi connectivity index (χ2n) is 5.17. The molecule has 0 spiro atoms. The zero-order valence-electron chi connectivity index (χ0n) is 11.6. The molecule has 1 aromatic carbocycles. The first-order valence-electron chi connectivity index (χ1n) is 6.74. The molecule has 1 aliphatic heterocycles. The van der Waals surface area contributed by atoms with E-state index < -0.39 is 5.97 Å². The zero-order chi connectivity index (χ0) is 13.8. The molecule has 4 heteroatoms. The van der Waals surface area contributed by atoms with E-state index in [4.69, 9.17) is 9.84 Å². The third-order valence-corrected chi connectivity index (χ3v) is 3.63. The molecule has 1 aliphatic rings. The Morgan fingerprint density at radius 3 is 2.84 bits per heavy atom. The van der Waals surface area contributed by atoms with Crippen LogP contribution in [0.4, 0.5) is 5.69 Å². The third kappa shape index (κ3) is 3.47. The van der Waals surface area contributed by atoms with Crippen LogP contribution in [0.15, 0.2) is 18.2 Å². The molecule has 1 unspecified atom stereocenters. The Morgan fingerprint density at radius 1 is 1.47 bits per heavy atom. The molecule has 1 heterocycles. The zero-order valence-corrected chi connectivity index (χ0v) is 11.6. The van der Waals surface area contributed by atoms with Gasteiger partial charge in [0.1, 0.15) is 0 Å². The molecule has 0 bridgehead atoms. The van der Waals surface area contributed by atoms with E-state index >= 15 is 0 Å². The van der Waals surface area contributed by atoms with Crippen LogP contribution in [0.2, 0.25) is 0 Å². The molecule has 4 nitrogen and oxygen atoms in total. The number of hydrogen-bond acceptors (Lipinski definition) is 3. The van der Waals surface area contributed by atoms with Gasteiger partial charge in [-0.3, -0.25) is 0 Å². The summed E-state index contributed by atoms with van der Waals surface area (Å²) >= 11 is 0. The van der Waals surface area contributed by atoms with Gasteiger partial charge in [0.25, 0.3) is 0 Å². The number of benzene rings is 1. The highest BCUT2D eigenvalue weighted by Gasteiger charge is 2.17. The maximum absolute atomic E-state index is 11.0. The summed E-state index contributed by atoms with van der Waals surface area (Å²) in [5, 5.41) is 9.02. The summed E-state index contributed by atoms with van der Waals surface area (Å²) in [5.74, 6) is -0.873. The fourth-order valence-electron chi connectivity index (χ4n) is 2.49. The van der Waals surface area contributed by atoms with Gasteiger partial charge in [0.15, 0.2) is 0 Å². The standard InChI is InChI=1S/C15H21NO3/c1-11-9-12(6-7-14(11)15(17)18)16(2)10-13-5-3-4-8-19-13/h6-7,9,13H,3-5,8,10H2,1-2H3,(H,17,18). The van der Waals surface area contributed by atoms with Gasteiger partial charge in [-0.1, -0.05) is 0 Å². The summed E-state index contributed by atoms with van der Waals surface area (Å²) in [7, 11) is 2.02. The molecule has 1 aromatic rings. The van der Waals surface area contributed by atoms with E-state index in [0.29, 0.717) is 11.7 Å². The van der Waals surface area contributed by atoms with Crippen molar-refractivity contribution in [3.05, 3.63) is 29.3 Å². The van der Waals surface area contributed by atoms with Gasteiger partial charge in [-0.15, -0.1) is 0 Å². The molecule has 1 saturated heterocycles. The first kappa shape index (κ1) is 13.9. The summed E-state index contributed by atoms with van der Waals surface area (Å²) in [6.45, 7) is 3.54. The number of aryl methyl sites for hydroxylation is 1. The van der Waals surface area contributed by atoms with E-state index in [0.717, 1.165) is 37.2 Å². The lowest BCUT2D eigenvalue weighted by atomic mass is 10.1. The van der Waals surface area contributed by atoms with Crippen LogP contribution in [0.5, 0.6) is 0 Å². The van der Waals surface area contributed by atoms with Crippen molar-refractivity contribution in [2.24, 2.45) is 0 Å². The summed E-state index contributed by atoms with van der Waals surface area (Å²) < 4.78 is 5.73. The number of carbonyl (C=O) groups is 1. The number of likely N-dealkylation sites (N-methyl/N-ethyl adjacent to an activating group) is 1. The quantitative estimate of drug-likeness (QED) is 0.907. The van der Waals surface area contributed by atoms with Gasteiger partial charge in [-0.25, -0.2) is 4.79 Å². The van der Waals surface area contributed by atoms with Gasteiger partial charge in [-0.2, -0.15) is 0 Å². The lowest BCUT2D eigenvalue weighted by Gasteiger charge is -2.29. The molecular weight excluding hydrogens is 242 g/mol. The predicted octanol–water partition coefficient (Wildman–Crippen LogP) is 2.70. The monoisotopic (exact) mass is 263 g/mol. The highest BCUT2D eigenvalue weighted by Crippen LogP contribution is 2.21. The first-order chi connectivity index (χ1) is 9.08. The average Bonchev–Trinajstić information content (AvgIpc) is 2.39. The average molecular weight is 263 g/mol. The largest absolute Gasteiger partial charge is 0.478 e. The molecule has 1 fully saturated rings. The van der Waals surface area contributed by atoms with Gasteiger partial charge < -0.3 is 14.7 Å². The summed E-state index contributed by atoms with van der Waals surface area (Å²) in [5.41, 5.74) is 2.20. The Kier molecular flexibility index (Phi) is 4.43. The lowest BCUT2D eigenvalue weighted by molar-refractivity contribution is 0.0216. The van der Waals surface area contributed by atoms with Crippen LogP contribution in [-0.2, 0) is 4.74 Å². The molecular formula is C15H21NO3. The molecule has 0 aromatic heterocycles. The van der Waals surface area contributed by atoms with Crippen molar-refractivity contribution in [1.82, 2.24) is 0 Å². The molecule has 0 aliphatic carbocycles. The van der Waals surface area contributed by atoms with Crippen LogP contribution in [0.25, 0.3) is 0 Å². The van der Waals surface area contributed by atoms with Crippen molar-refractivity contribution in [3.8, 4) is 0 Å². The lowest BCUT2D eigenvalue weighted by Crippen LogP contribution is -2.33. The van der Waals surface area contributed by atoms with Crippen LogP contribution in [-0.4, -0.2) is 37.4 Å². The maximum atomic E-state index is 11.0. The Balaban J connectivity index is 2.04. The van der Waals surface area contributed by atoms with Crippen LogP contribution in [0.3, 0.4) is 0 Å². The van der Waals surface area contributed by atoms with Crippen molar-refractivity contribution in [2.75, 3.05) is 25.1 Å². The van der Waals surface area contributed by atoms with Gasteiger partial charge in [0.2, 0.25) is 0 Å². The van der Waals surface area contributed by atoms with Crippen LogP contribution in [0.1, 0.15) is 35.2 Å². The van der Waals surface area contributed by atoms with Crippen molar-refractivity contribution in [3.63, 3.8) is 0 Å². The molecule has 2 rings (SSSR count). The summed E-state index contributed by atoms with van der Waals surface area (Å²) in [4.78, 5) is 13.1. The minimum Gasteiger partial charge on any atom is -0.478 e. The SMILES string of the molecule is Cc1cc(N(C)CC2CCCCO2)ccc1C(=O)O. The molecule has 104 valence electrons. The number of carboxylic acid groups (broad SMARTS) is 1. The van der Waals surface area contributed by atoms with Crippen LogP contribution >= 0.6 is 0 Å². The van der Waals surface area contributed by atoms with E-state index in [2.05, 4.69) is 4.90 Å². The number of aromatic carboxylic acids is 1. The second-order valence-corrected chi connectivity index (χ2v) is 5.17. The number of carboxylic acids is 1. The highest BCUT2D eigenvalue weighted by atomic mass is 16.5. The van der Waals surface area contributed by atoms with E-state index in [1.54, 1.807) is 6.07 Å². The maximum Gasteiger partial charge on any atom is 0.335 e. The molecule has 19 heavy (non-hydrogen) atoms.